The number of esters is 1. The molecule has 0 spiro atoms. The number of likely N-dealkylation sites (tertiary alicyclic amines) is 1. The minimum Gasteiger partial charge on any atom is -0.466 e. The van der Waals surface area contributed by atoms with E-state index in [1.807, 2.05) is 41.2 Å². The zero-order chi connectivity index (χ0) is 18.8. The van der Waals surface area contributed by atoms with E-state index in [4.69, 9.17) is 4.74 Å². The third kappa shape index (κ3) is 3.35. The molecule has 0 aliphatic carbocycles. The van der Waals surface area contributed by atoms with Gasteiger partial charge in [0, 0.05) is 37.1 Å². The molecule has 0 saturated carbocycles. The quantitative estimate of drug-likeness (QED) is 0.647. The van der Waals surface area contributed by atoms with Gasteiger partial charge < -0.3 is 14.2 Å². The predicted molar refractivity (Wildman–Crippen MR) is 104 cm³/mol. The van der Waals surface area contributed by atoms with Crippen LogP contribution in [0.15, 0.2) is 42.9 Å². The highest BCUT2D eigenvalue weighted by Crippen LogP contribution is 2.34. The lowest BCUT2D eigenvalue weighted by molar-refractivity contribution is -0.149. The standard InChI is InChI=1S/C20H21N3O3S/c1-2-26-20(25)14-7-6-12-23(13-14)19(24)17-16(22-10-3-4-11-22)15-8-5-9-21-18(15)27-17/h3-5,8-11,14H,2,6-7,12-13H2,1H3/t14-/m1/s1. The Labute approximate surface area is 161 Å². The lowest BCUT2D eigenvalue weighted by Gasteiger charge is -2.31. The Morgan fingerprint density at radius 2 is 2.11 bits per heavy atom. The van der Waals surface area contributed by atoms with Crippen LogP contribution in [0, 0.1) is 5.92 Å². The van der Waals surface area contributed by atoms with E-state index in [2.05, 4.69) is 4.98 Å². The summed E-state index contributed by atoms with van der Waals surface area (Å²) in [5.41, 5.74) is 0.858. The van der Waals surface area contributed by atoms with Crippen molar-refractivity contribution in [1.29, 1.82) is 0 Å². The Kier molecular flexibility index (Phi) is 4.94. The molecule has 0 unspecified atom stereocenters. The fraction of sp³-hybridized carbons (Fsp3) is 0.350. The first kappa shape index (κ1) is 17.7. The van der Waals surface area contributed by atoms with Crippen LogP contribution in [-0.4, -0.2) is 46.0 Å². The van der Waals surface area contributed by atoms with Crippen LogP contribution >= 0.6 is 11.3 Å². The van der Waals surface area contributed by atoms with Crippen molar-refractivity contribution in [3.8, 4) is 5.69 Å². The Hall–Kier alpha value is -2.67. The molecule has 0 aromatic carbocycles. The van der Waals surface area contributed by atoms with E-state index in [1.54, 1.807) is 18.0 Å². The Morgan fingerprint density at radius 1 is 1.30 bits per heavy atom. The van der Waals surface area contributed by atoms with Crippen molar-refractivity contribution in [3.63, 3.8) is 0 Å². The first-order chi connectivity index (χ1) is 13.2. The number of hydrogen-bond acceptors (Lipinski definition) is 5. The summed E-state index contributed by atoms with van der Waals surface area (Å²) in [6.07, 6.45) is 7.17. The average Bonchev–Trinajstić information content (AvgIpc) is 3.35. The molecule has 7 heteroatoms. The van der Waals surface area contributed by atoms with E-state index in [-0.39, 0.29) is 17.8 Å². The average molecular weight is 383 g/mol. The topological polar surface area (TPSA) is 64.4 Å². The van der Waals surface area contributed by atoms with Gasteiger partial charge in [-0.3, -0.25) is 9.59 Å². The Bertz CT molecular complexity index is 964. The molecule has 3 aromatic rings. The fourth-order valence-corrected chi connectivity index (χ4v) is 4.67. The number of nitrogens with zero attached hydrogens (tertiary/aromatic N) is 3. The molecular formula is C20H21N3O3S. The van der Waals surface area contributed by atoms with E-state index in [1.165, 1.54) is 11.3 Å². The molecule has 0 radical (unpaired) electrons. The minimum atomic E-state index is -0.245. The maximum atomic E-state index is 13.4. The second kappa shape index (κ2) is 7.52. The first-order valence-electron chi connectivity index (χ1n) is 9.15. The molecule has 0 N–H and O–H groups in total. The molecule has 1 fully saturated rings. The Morgan fingerprint density at radius 3 is 2.89 bits per heavy atom. The van der Waals surface area contributed by atoms with Gasteiger partial charge in [-0.15, -0.1) is 11.3 Å². The number of thiophene rings is 1. The van der Waals surface area contributed by atoms with Crippen molar-refractivity contribution < 1.29 is 14.3 Å². The molecule has 4 rings (SSSR count). The van der Waals surface area contributed by atoms with Gasteiger partial charge in [-0.05, 0) is 44.0 Å². The van der Waals surface area contributed by atoms with Crippen LogP contribution in [0.3, 0.4) is 0 Å². The fourth-order valence-electron chi connectivity index (χ4n) is 3.56. The normalized spacial score (nSPS) is 17.2. The predicted octanol–water partition coefficient (Wildman–Crippen LogP) is 3.50. The van der Waals surface area contributed by atoms with Crippen molar-refractivity contribution in [2.24, 2.45) is 5.92 Å². The number of carbonyl (C=O) groups excluding carboxylic acids is 2. The van der Waals surface area contributed by atoms with Gasteiger partial charge in [-0.25, -0.2) is 4.98 Å². The van der Waals surface area contributed by atoms with Gasteiger partial charge in [0.2, 0.25) is 0 Å². The van der Waals surface area contributed by atoms with Crippen LogP contribution < -0.4 is 0 Å². The van der Waals surface area contributed by atoms with Crippen molar-refractivity contribution >= 4 is 33.4 Å². The second-order valence-electron chi connectivity index (χ2n) is 6.57. The van der Waals surface area contributed by atoms with E-state index < -0.39 is 0 Å². The molecule has 0 bridgehead atoms. The maximum absolute atomic E-state index is 13.4. The van der Waals surface area contributed by atoms with E-state index in [9.17, 15) is 9.59 Å². The lowest BCUT2D eigenvalue weighted by Crippen LogP contribution is -2.42. The molecule has 27 heavy (non-hydrogen) atoms. The minimum absolute atomic E-state index is 0.0456. The van der Waals surface area contributed by atoms with Crippen LogP contribution in [0.5, 0.6) is 0 Å². The largest absolute Gasteiger partial charge is 0.466 e. The Balaban J connectivity index is 1.69. The number of pyridine rings is 1. The molecule has 6 nitrogen and oxygen atoms in total. The summed E-state index contributed by atoms with van der Waals surface area (Å²) < 4.78 is 7.12. The van der Waals surface area contributed by atoms with E-state index >= 15 is 0 Å². The zero-order valence-electron chi connectivity index (χ0n) is 15.1. The van der Waals surface area contributed by atoms with Crippen LogP contribution in [0.4, 0.5) is 0 Å². The van der Waals surface area contributed by atoms with Gasteiger partial charge >= 0.3 is 5.97 Å². The van der Waals surface area contributed by atoms with Crippen molar-refractivity contribution in [1.82, 2.24) is 14.5 Å². The number of amides is 1. The molecular weight excluding hydrogens is 362 g/mol. The highest BCUT2D eigenvalue weighted by Gasteiger charge is 2.32. The summed E-state index contributed by atoms with van der Waals surface area (Å²) in [5, 5.41) is 0.959. The summed E-state index contributed by atoms with van der Waals surface area (Å²) >= 11 is 1.40. The number of hydrogen-bond donors (Lipinski definition) is 0. The molecule has 1 aliphatic rings. The van der Waals surface area contributed by atoms with Crippen LogP contribution in [-0.2, 0) is 9.53 Å². The first-order valence-corrected chi connectivity index (χ1v) is 9.97. The smallest absolute Gasteiger partial charge is 0.310 e. The number of rotatable bonds is 4. The number of carbonyl (C=O) groups is 2. The van der Waals surface area contributed by atoms with E-state index in [0.29, 0.717) is 24.6 Å². The summed E-state index contributed by atoms with van der Waals surface area (Å²) in [7, 11) is 0. The highest BCUT2D eigenvalue weighted by atomic mass is 32.1. The van der Waals surface area contributed by atoms with Gasteiger partial charge in [-0.1, -0.05) is 0 Å². The third-order valence-electron chi connectivity index (χ3n) is 4.83. The number of aromatic nitrogens is 2. The van der Waals surface area contributed by atoms with Gasteiger partial charge in [0.25, 0.3) is 5.91 Å². The molecule has 1 saturated heterocycles. The number of fused-ring (bicyclic) bond motifs is 1. The van der Waals surface area contributed by atoms with Crippen LogP contribution in [0.2, 0.25) is 0 Å². The van der Waals surface area contributed by atoms with E-state index in [0.717, 1.165) is 28.7 Å². The van der Waals surface area contributed by atoms with Crippen LogP contribution in [0.1, 0.15) is 29.4 Å². The number of piperidine rings is 1. The lowest BCUT2D eigenvalue weighted by atomic mass is 9.98. The zero-order valence-corrected chi connectivity index (χ0v) is 15.9. The molecule has 1 aliphatic heterocycles. The summed E-state index contributed by atoms with van der Waals surface area (Å²) in [5.74, 6) is -0.500. The van der Waals surface area contributed by atoms with Gasteiger partial charge in [0.15, 0.2) is 0 Å². The van der Waals surface area contributed by atoms with Crippen LogP contribution in [0.25, 0.3) is 15.9 Å². The van der Waals surface area contributed by atoms with Gasteiger partial charge in [0.05, 0.1) is 18.2 Å². The van der Waals surface area contributed by atoms with Crippen molar-refractivity contribution in [3.05, 3.63) is 47.7 Å². The van der Waals surface area contributed by atoms with Crippen molar-refractivity contribution in [2.75, 3.05) is 19.7 Å². The molecule has 3 aromatic heterocycles. The summed E-state index contributed by atoms with van der Waals surface area (Å²) in [6.45, 7) is 3.23. The SMILES string of the molecule is CCOC(=O)[C@@H]1CCCN(C(=O)c2sc3ncccc3c2-n2cccc2)C1. The highest BCUT2D eigenvalue weighted by molar-refractivity contribution is 7.21. The third-order valence-corrected chi connectivity index (χ3v) is 5.92. The molecule has 1 atom stereocenters. The van der Waals surface area contributed by atoms with Gasteiger partial charge in [0.1, 0.15) is 9.71 Å². The molecule has 140 valence electrons. The summed E-state index contributed by atoms with van der Waals surface area (Å²) in [6, 6.07) is 7.74. The second-order valence-corrected chi connectivity index (χ2v) is 7.57. The maximum Gasteiger partial charge on any atom is 0.310 e. The monoisotopic (exact) mass is 383 g/mol. The number of ether oxygens (including phenoxy) is 1. The summed E-state index contributed by atoms with van der Waals surface area (Å²) in [4.78, 5) is 33.2. The van der Waals surface area contributed by atoms with Gasteiger partial charge in [-0.2, -0.15) is 0 Å². The van der Waals surface area contributed by atoms with Crippen molar-refractivity contribution in [2.45, 2.75) is 19.8 Å². The molecule has 4 heterocycles. The molecule has 1 amide bonds.